The van der Waals surface area contributed by atoms with Gasteiger partial charge in [0.25, 0.3) is 0 Å². The minimum absolute atomic E-state index is 0.614. The highest BCUT2D eigenvalue weighted by molar-refractivity contribution is 5.79. The predicted molar refractivity (Wildman–Crippen MR) is 70.2 cm³/mol. The van der Waals surface area contributed by atoms with Gasteiger partial charge in [-0.3, -0.25) is 0 Å². The molecule has 0 saturated carbocycles. The summed E-state index contributed by atoms with van der Waals surface area (Å²) >= 11 is 0. The first kappa shape index (κ1) is 11.4. The minimum Gasteiger partial charge on any atom is -0.486 e. The second-order valence-corrected chi connectivity index (χ2v) is 5.13. The average Bonchev–Trinajstić information content (AvgIpc) is 2.75. The summed E-state index contributed by atoms with van der Waals surface area (Å²) in [5, 5.41) is 0. The van der Waals surface area contributed by atoms with E-state index in [0.717, 1.165) is 41.2 Å². The standard InChI is InChI=1S/C14H18N2O2/c1-9(2)3-4-14-15-10-7-12-13(8-11(10)16-14)18-6-5-17-12/h7-9H,3-6H2,1-2H3,(H,15,16). The molecule has 96 valence electrons. The molecule has 0 fully saturated rings. The van der Waals surface area contributed by atoms with Crippen LogP contribution >= 0.6 is 0 Å². The van der Waals surface area contributed by atoms with Crippen LogP contribution in [0.1, 0.15) is 26.1 Å². The van der Waals surface area contributed by atoms with Crippen LogP contribution in [-0.4, -0.2) is 23.2 Å². The van der Waals surface area contributed by atoms with Gasteiger partial charge in [-0.1, -0.05) is 13.8 Å². The van der Waals surface area contributed by atoms with Gasteiger partial charge < -0.3 is 14.5 Å². The molecular weight excluding hydrogens is 228 g/mol. The molecule has 0 atom stereocenters. The number of hydrogen-bond donors (Lipinski definition) is 1. The molecule has 2 aromatic rings. The summed E-state index contributed by atoms with van der Waals surface area (Å²) in [7, 11) is 0. The van der Waals surface area contributed by atoms with Gasteiger partial charge in [0.1, 0.15) is 19.0 Å². The number of aromatic nitrogens is 2. The molecule has 2 heterocycles. The zero-order chi connectivity index (χ0) is 12.5. The molecule has 1 N–H and O–H groups in total. The van der Waals surface area contributed by atoms with Crippen molar-refractivity contribution in [2.45, 2.75) is 26.7 Å². The first-order valence-corrected chi connectivity index (χ1v) is 6.50. The number of nitrogens with zero attached hydrogens (tertiary/aromatic N) is 1. The van der Waals surface area contributed by atoms with Crippen molar-refractivity contribution in [1.82, 2.24) is 9.97 Å². The Bertz CT molecular complexity index is 517. The number of rotatable bonds is 3. The summed E-state index contributed by atoms with van der Waals surface area (Å²) in [6.07, 6.45) is 2.13. The molecule has 0 aliphatic carbocycles. The molecular formula is C14H18N2O2. The van der Waals surface area contributed by atoms with Crippen molar-refractivity contribution in [3.05, 3.63) is 18.0 Å². The van der Waals surface area contributed by atoms with Gasteiger partial charge >= 0.3 is 0 Å². The van der Waals surface area contributed by atoms with Crippen molar-refractivity contribution in [2.24, 2.45) is 5.92 Å². The summed E-state index contributed by atoms with van der Waals surface area (Å²) in [4.78, 5) is 7.96. The van der Waals surface area contributed by atoms with Crippen LogP contribution in [0.4, 0.5) is 0 Å². The lowest BCUT2D eigenvalue weighted by molar-refractivity contribution is 0.172. The first-order valence-electron chi connectivity index (χ1n) is 6.50. The third-order valence-electron chi connectivity index (χ3n) is 3.15. The number of fused-ring (bicyclic) bond motifs is 2. The molecule has 0 unspecified atom stereocenters. The second kappa shape index (κ2) is 4.52. The summed E-state index contributed by atoms with van der Waals surface area (Å²) in [5.74, 6) is 3.35. The molecule has 0 saturated heterocycles. The Morgan fingerprint density at radius 2 is 1.94 bits per heavy atom. The minimum atomic E-state index is 0.614. The van der Waals surface area contributed by atoms with Crippen molar-refractivity contribution >= 4 is 11.0 Å². The maximum Gasteiger partial charge on any atom is 0.163 e. The maximum atomic E-state index is 5.57. The van der Waals surface area contributed by atoms with Gasteiger partial charge in [-0.25, -0.2) is 4.98 Å². The molecule has 0 bridgehead atoms. The average molecular weight is 246 g/mol. The summed E-state index contributed by atoms with van der Waals surface area (Å²) < 4.78 is 11.1. The number of aromatic amines is 1. The monoisotopic (exact) mass is 246 g/mol. The molecule has 0 spiro atoms. The van der Waals surface area contributed by atoms with Crippen molar-refractivity contribution in [3.63, 3.8) is 0 Å². The molecule has 0 radical (unpaired) electrons. The predicted octanol–water partition coefficient (Wildman–Crippen LogP) is 2.92. The Hall–Kier alpha value is -1.71. The van der Waals surface area contributed by atoms with E-state index in [1.54, 1.807) is 0 Å². The fourth-order valence-corrected chi connectivity index (χ4v) is 2.14. The Morgan fingerprint density at radius 3 is 2.67 bits per heavy atom. The number of hydrogen-bond acceptors (Lipinski definition) is 3. The van der Waals surface area contributed by atoms with Crippen LogP contribution in [0.5, 0.6) is 11.5 Å². The topological polar surface area (TPSA) is 47.1 Å². The maximum absolute atomic E-state index is 5.57. The van der Waals surface area contributed by atoms with Gasteiger partial charge in [-0.05, 0) is 12.3 Å². The molecule has 4 heteroatoms. The van der Waals surface area contributed by atoms with Gasteiger partial charge in [0.15, 0.2) is 11.5 Å². The number of ether oxygens (including phenoxy) is 2. The lowest BCUT2D eigenvalue weighted by Gasteiger charge is -2.17. The van der Waals surface area contributed by atoms with E-state index in [4.69, 9.17) is 9.47 Å². The Morgan fingerprint density at radius 1 is 1.22 bits per heavy atom. The zero-order valence-corrected chi connectivity index (χ0v) is 10.8. The van der Waals surface area contributed by atoms with E-state index in [1.165, 1.54) is 0 Å². The van der Waals surface area contributed by atoms with Crippen molar-refractivity contribution < 1.29 is 9.47 Å². The zero-order valence-electron chi connectivity index (χ0n) is 10.8. The number of H-pyrrole nitrogens is 1. The van der Waals surface area contributed by atoms with Crippen molar-refractivity contribution in [1.29, 1.82) is 0 Å². The molecule has 4 nitrogen and oxygen atoms in total. The van der Waals surface area contributed by atoms with E-state index in [-0.39, 0.29) is 0 Å². The molecule has 1 aliphatic rings. The SMILES string of the molecule is CC(C)CCc1nc2cc3c(cc2[nH]1)OCCO3. The van der Waals surface area contributed by atoms with Crippen LogP contribution in [-0.2, 0) is 6.42 Å². The second-order valence-electron chi connectivity index (χ2n) is 5.13. The van der Waals surface area contributed by atoms with Crippen LogP contribution in [0, 0.1) is 5.92 Å². The normalized spacial score (nSPS) is 14.4. The fourth-order valence-electron chi connectivity index (χ4n) is 2.14. The van der Waals surface area contributed by atoms with E-state index < -0.39 is 0 Å². The third-order valence-corrected chi connectivity index (χ3v) is 3.15. The van der Waals surface area contributed by atoms with E-state index >= 15 is 0 Å². The van der Waals surface area contributed by atoms with E-state index in [2.05, 4.69) is 23.8 Å². The molecule has 1 aliphatic heterocycles. The van der Waals surface area contributed by atoms with E-state index in [1.807, 2.05) is 12.1 Å². The molecule has 1 aromatic carbocycles. The Kier molecular flexibility index (Phi) is 2.86. The lowest BCUT2D eigenvalue weighted by Crippen LogP contribution is -2.15. The quantitative estimate of drug-likeness (QED) is 0.905. The van der Waals surface area contributed by atoms with Crippen LogP contribution in [0.2, 0.25) is 0 Å². The smallest absolute Gasteiger partial charge is 0.163 e. The molecule has 0 amide bonds. The van der Waals surface area contributed by atoms with Gasteiger partial charge in [0.2, 0.25) is 0 Å². The third kappa shape index (κ3) is 2.15. The number of benzene rings is 1. The largest absolute Gasteiger partial charge is 0.486 e. The van der Waals surface area contributed by atoms with Crippen molar-refractivity contribution in [3.8, 4) is 11.5 Å². The molecule has 18 heavy (non-hydrogen) atoms. The highest BCUT2D eigenvalue weighted by Gasteiger charge is 2.14. The first-order chi connectivity index (χ1) is 8.72. The van der Waals surface area contributed by atoms with Gasteiger partial charge in [0, 0.05) is 18.6 Å². The van der Waals surface area contributed by atoms with Crippen LogP contribution < -0.4 is 9.47 Å². The number of imidazole rings is 1. The van der Waals surface area contributed by atoms with Gasteiger partial charge in [-0.15, -0.1) is 0 Å². The lowest BCUT2D eigenvalue weighted by atomic mass is 10.1. The van der Waals surface area contributed by atoms with Gasteiger partial charge in [0.05, 0.1) is 11.0 Å². The summed E-state index contributed by atoms with van der Waals surface area (Å²) in [5.41, 5.74) is 1.98. The van der Waals surface area contributed by atoms with Crippen molar-refractivity contribution in [2.75, 3.05) is 13.2 Å². The van der Waals surface area contributed by atoms with Gasteiger partial charge in [-0.2, -0.15) is 0 Å². The highest BCUT2D eigenvalue weighted by atomic mass is 16.6. The highest BCUT2D eigenvalue weighted by Crippen LogP contribution is 2.33. The molecule has 3 rings (SSSR count). The van der Waals surface area contributed by atoms with Crippen LogP contribution in [0.15, 0.2) is 12.1 Å². The Balaban J connectivity index is 1.91. The summed E-state index contributed by atoms with van der Waals surface area (Å²) in [6, 6.07) is 3.94. The Labute approximate surface area is 106 Å². The van der Waals surface area contributed by atoms with E-state index in [9.17, 15) is 0 Å². The van der Waals surface area contributed by atoms with Crippen LogP contribution in [0.25, 0.3) is 11.0 Å². The fraction of sp³-hybridized carbons (Fsp3) is 0.500. The number of aryl methyl sites for hydroxylation is 1. The summed E-state index contributed by atoms with van der Waals surface area (Å²) in [6.45, 7) is 5.68. The molecule has 1 aromatic heterocycles. The van der Waals surface area contributed by atoms with Crippen LogP contribution in [0.3, 0.4) is 0 Å². The van der Waals surface area contributed by atoms with E-state index in [0.29, 0.717) is 19.1 Å². The number of nitrogens with one attached hydrogen (secondary N) is 1.